The summed E-state index contributed by atoms with van der Waals surface area (Å²) in [5, 5.41) is 2.89. The molecule has 0 bridgehead atoms. The number of ether oxygens (including phenoxy) is 1. The molecule has 2 aromatic carbocycles. The van der Waals surface area contributed by atoms with Gasteiger partial charge < -0.3 is 10.1 Å². The second-order valence-corrected chi connectivity index (χ2v) is 7.11. The minimum atomic E-state index is -0.869. The van der Waals surface area contributed by atoms with Gasteiger partial charge in [-0.25, -0.2) is 0 Å². The highest BCUT2D eigenvalue weighted by Crippen LogP contribution is 2.29. The lowest BCUT2D eigenvalue weighted by atomic mass is 9.85. The van der Waals surface area contributed by atoms with Crippen LogP contribution in [0.1, 0.15) is 49.8 Å². The van der Waals surface area contributed by atoms with E-state index in [1.165, 1.54) is 0 Å². The number of carbonyl (C=O) groups is 2. The third-order valence-corrected chi connectivity index (χ3v) is 5.02. The Balaban J connectivity index is 2.11. The number of anilines is 1. The number of para-hydroxylation sites is 1. The molecule has 144 valence electrons. The Morgan fingerprint density at radius 3 is 2.11 bits per heavy atom. The van der Waals surface area contributed by atoms with Crippen molar-refractivity contribution < 1.29 is 14.3 Å². The molecule has 27 heavy (non-hydrogen) atoms. The van der Waals surface area contributed by atoms with E-state index in [4.69, 9.17) is 4.74 Å². The lowest BCUT2D eigenvalue weighted by molar-refractivity contribution is -0.155. The molecule has 0 heterocycles. The molecule has 0 aliphatic rings. The van der Waals surface area contributed by atoms with Crippen LogP contribution in [0.5, 0.6) is 0 Å². The van der Waals surface area contributed by atoms with E-state index in [2.05, 4.69) is 5.32 Å². The molecule has 1 N–H and O–H groups in total. The molecule has 0 aromatic heterocycles. The maximum Gasteiger partial charge on any atom is 0.314 e. The van der Waals surface area contributed by atoms with Gasteiger partial charge in [-0.1, -0.05) is 68.8 Å². The highest BCUT2D eigenvalue weighted by molar-refractivity contribution is 5.96. The van der Waals surface area contributed by atoms with Crippen molar-refractivity contribution in [2.24, 2.45) is 5.92 Å². The molecule has 0 saturated heterocycles. The number of amides is 1. The lowest BCUT2D eigenvalue weighted by Gasteiger charge is -2.24. The second kappa shape index (κ2) is 9.36. The Morgan fingerprint density at radius 1 is 0.963 bits per heavy atom. The second-order valence-electron chi connectivity index (χ2n) is 7.11. The van der Waals surface area contributed by atoms with Gasteiger partial charge in [0.2, 0.25) is 0 Å². The summed E-state index contributed by atoms with van der Waals surface area (Å²) in [6, 6.07) is 15.4. The zero-order chi connectivity index (χ0) is 20.0. The molecule has 0 unspecified atom stereocenters. The normalized spacial score (nSPS) is 14.1. The van der Waals surface area contributed by atoms with Gasteiger partial charge in [0.05, 0.1) is 5.92 Å². The monoisotopic (exact) mass is 367 g/mol. The average molecular weight is 367 g/mol. The molecular formula is C23H29NO3. The SMILES string of the molecule is CC[C@@H](C)[C@@H](C(=O)O[C@@H](C)C(=O)Nc1c(C)cccc1C)c1ccccc1. The fourth-order valence-electron chi connectivity index (χ4n) is 3.13. The van der Waals surface area contributed by atoms with Crippen molar-refractivity contribution in [2.75, 3.05) is 5.32 Å². The van der Waals surface area contributed by atoms with E-state index >= 15 is 0 Å². The van der Waals surface area contributed by atoms with Crippen LogP contribution in [0.25, 0.3) is 0 Å². The van der Waals surface area contributed by atoms with Crippen molar-refractivity contribution in [1.82, 2.24) is 0 Å². The van der Waals surface area contributed by atoms with Crippen LogP contribution in [0.3, 0.4) is 0 Å². The van der Waals surface area contributed by atoms with Crippen molar-refractivity contribution in [3.8, 4) is 0 Å². The third-order valence-electron chi connectivity index (χ3n) is 5.02. The molecule has 0 radical (unpaired) electrons. The van der Waals surface area contributed by atoms with Crippen molar-refractivity contribution in [3.05, 3.63) is 65.2 Å². The van der Waals surface area contributed by atoms with Crippen molar-refractivity contribution in [2.45, 2.75) is 53.1 Å². The zero-order valence-electron chi connectivity index (χ0n) is 16.8. The average Bonchev–Trinajstić information content (AvgIpc) is 2.65. The predicted molar refractivity (Wildman–Crippen MR) is 109 cm³/mol. The van der Waals surface area contributed by atoms with Crippen LogP contribution in [0.15, 0.2) is 48.5 Å². The van der Waals surface area contributed by atoms with E-state index < -0.39 is 6.10 Å². The first-order chi connectivity index (χ1) is 12.8. The topological polar surface area (TPSA) is 55.4 Å². The number of hydrogen-bond donors (Lipinski definition) is 1. The number of aryl methyl sites for hydroxylation is 2. The van der Waals surface area contributed by atoms with E-state index in [0.29, 0.717) is 0 Å². The number of carbonyl (C=O) groups excluding carboxylic acids is 2. The van der Waals surface area contributed by atoms with Crippen LogP contribution in [-0.4, -0.2) is 18.0 Å². The van der Waals surface area contributed by atoms with E-state index in [1.807, 2.05) is 76.2 Å². The number of rotatable bonds is 7. The number of hydrogen-bond acceptors (Lipinski definition) is 3. The minimum absolute atomic E-state index is 0.119. The number of nitrogens with one attached hydrogen (secondary N) is 1. The van der Waals surface area contributed by atoms with Crippen LogP contribution in [-0.2, 0) is 14.3 Å². The van der Waals surface area contributed by atoms with Crippen LogP contribution < -0.4 is 5.32 Å². The Labute approximate surface area is 161 Å². The van der Waals surface area contributed by atoms with Gasteiger partial charge in [-0.2, -0.15) is 0 Å². The first kappa shape index (κ1) is 20.7. The van der Waals surface area contributed by atoms with Crippen LogP contribution in [0, 0.1) is 19.8 Å². The summed E-state index contributed by atoms with van der Waals surface area (Å²) in [5.74, 6) is -0.947. The molecule has 3 atom stereocenters. The zero-order valence-corrected chi connectivity index (χ0v) is 16.8. The van der Waals surface area contributed by atoms with Crippen molar-refractivity contribution >= 4 is 17.6 Å². The predicted octanol–water partition coefficient (Wildman–Crippen LogP) is 5.00. The number of benzene rings is 2. The first-order valence-corrected chi connectivity index (χ1v) is 9.47. The summed E-state index contributed by atoms with van der Waals surface area (Å²) in [6.45, 7) is 9.56. The van der Waals surface area contributed by atoms with Gasteiger partial charge in [-0.3, -0.25) is 9.59 Å². The van der Waals surface area contributed by atoms with Gasteiger partial charge in [0.15, 0.2) is 6.10 Å². The van der Waals surface area contributed by atoms with Crippen LogP contribution in [0.4, 0.5) is 5.69 Å². The summed E-state index contributed by atoms with van der Waals surface area (Å²) < 4.78 is 5.55. The van der Waals surface area contributed by atoms with Gasteiger partial charge in [0.1, 0.15) is 0 Å². The summed E-state index contributed by atoms with van der Waals surface area (Å²) in [4.78, 5) is 25.4. The molecule has 4 heteroatoms. The van der Waals surface area contributed by atoms with E-state index in [9.17, 15) is 9.59 Å². The van der Waals surface area contributed by atoms with Gasteiger partial charge in [-0.15, -0.1) is 0 Å². The smallest absolute Gasteiger partial charge is 0.314 e. The van der Waals surface area contributed by atoms with Gasteiger partial charge in [0, 0.05) is 5.69 Å². The van der Waals surface area contributed by atoms with Gasteiger partial charge in [0.25, 0.3) is 5.91 Å². The van der Waals surface area contributed by atoms with Gasteiger partial charge >= 0.3 is 5.97 Å². The highest BCUT2D eigenvalue weighted by Gasteiger charge is 2.30. The summed E-state index contributed by atoms with van der Waals surface area (Å²) >= 11 is 0. The standard InChI is InChI=1S/C23H29NO3/c1-6-15(2)20(19-13-8-7-9-14-19)23(26)27-18(5)22(25)24-21-16(3)11-10-12-17(21)4/h7-15,18,20H,6H2,1-5H3,(H,24,25)/t15-,18+,20-/m1/s1. The molecule has 0 aliphatic heterocycles. The fourth-order valence-corrected chi connectivity index (χ4v) is 3.13. The maximum atomic E-state index is 12.8. The molecule has 0 spiro atoms. The Bertz CT molecular complexity index is 765. The summed E-state index contributed by atoms with van der Waals surface area (Å²) in [6.07, 6.45) is -0.0238. The Hall–Kier alpha value is -2.62. The van der Waals surface area contributed by atoms with Crippen LogP contribution >= 0.6 is 0 Å². The largest absolute Gasteiger partial charge is 0.452 e. The minimum Gasteiger partial charge on any atom is -0.452 e. The summed E-state index contributed by atoms with van der Waals surface area (Å²) in [5.41, 5.74) is 3.64. The first-order valence-electron chi connectivity index (χ1n) is 9.47. The van der Waals surface area contributed by atoms with Crippen molar-refractivity contribution in [1.29, 1.82) is 0 Å². The fraction of sp³-hybridized carbons (Fsp3) is 0.391. The maximum absolute atomic E-state index is 12.8. The molecule has 0 saturated carbocycles. The molecule has 0 aliphatic carbocycles. The molecule has 0 fully saturated rings. The molecule has 4 nitrogen and oxygen atoms in total. The van der Waals surface area contributed by atoms with Crippen LogP contribution in [0.2, 0.25) is 0 Å². The molecule has 1 amide bonds. The lowest BCUT2D eigenvalue weighted by Crippen LogP contribution is -2.33. The van der Waals surface area contributed by atoms with E-state index in [0.717, 1.165) is 28.8 Å². The number of esters is 1. The van der Waals surface area contributed by atoms with Crippen molar-refractivity contribution in [3.63, 3.8) is 0 Å². The Kier molecular flexibility index (Phi) is 7.17. The molecular weight excluding hydrogens is 338 g/mol. The van der Waals surface area contributed by atoms with Gasteiger partial charge in [-0.05, 0) is 43.4 Å². The highest BCUT2D eigenvalue weighted by atomic mass is 16.5. The van der Waals surface area contributed by atoms with E-state index in [1.54, 1.807) is 6.92 Å². The summed E-state index contributed by atoms with van der Waals surface area (Å²) in [7, 11) is 0. The molecule has 2 aromatic rings. The molecule has 2 rings (SSSR count). The van der Waals surface area contributed by atoms with E-state index in [-0.39, 0.29) is 23.7 Å². The third kappa shape index (κ3) is 5.19. The Morgan fingerprint density at radius 2 is 1.56 bits per heavy atom. The quantitative estimate of drug-likeness (QED) is 0.700.